The lowest BCUT2D eigenvalue weighted by atomic mass is 9.94. The van der Waals surface area contributed by atoms with Crippen LogP contribution in [0.4, 0.5) is 8.78 Å². The van der Waals surface area contributed by atoms with Crippen molar-refractivity contribution in [2.75, 3.05) is 13.1 Å². The molecule has 1 saturated heterocycles. The number of hydrogen-bond donors (Lipinski definition) is 0. The van der Waals surface area contributed by atoms with E-state index in [2.05, 4.69) is 17.0 Å². The summed E-state index contributed by atoms with van der Waals surface area (Å²) >= 11 is 0. The molecule has 1 heterocycles. The maximum absolute atomic E-state index is 13.2. The average molecular weight is 401 g/mol. The van der Waals surface area contributed by atoms with E-state index in [0.717, 1.165) is 16.7 Å². The fraction of sp³-hybridized carbons (Fsp3) is 0.115. The van der Waals surface area contributed by atoms with Gasteiger partial charge in [-0.3, -0.25) is 9.69 Å². The van der Waals surface area contributed by atoms with Crippen molar-refractivity contribution in [1.82, 2.24) is 4.90 Å². The molecular weight excluding hydrogens is 380 g/mol. The summed E-state index contributed by atoms with van der Waals surface area (Å²) in [5.41, 5.74) is 4.02. The summed E-state index contributed by atoms with van der Waals surface area (Å²) < 4.78 is 26.5. The number of Topliss-reactive ketones (excluding diaryl/α,β-unsaturated/α-hetero) is 1. The number of likely N-dealkylation sites (tertiary alicyclic amines) is 1. The zero-order chi connectivity index (χ0) is 20.9. The van der Waals surface area contributed by atoms with Gasteiger partial charge in [-0.05, 0) is 53.1 Å². The van der Waals surface area contributed by atoms with Crippen LogP contribution in [0, 0.1) is 11.6 Å². The van der Waals surface area contributed by atoms with E-state index in [-0.39, 0.29) is 17.4 Å². The van der Waals surface area contributed by atoms with Crippen LogP contribution >= 0.6 is 0 Å². The van der Waals surface area contributed by atoms with Gasteiger partial charge in [0.2, 0.25) is 0 Å². The van der Waals surface area contributed by atoms with Gasteiger partial charge >= 0.3 is 0 Å². The molecule has 0 N–H and O–H groups in total. The fourth-order valence-corrected chi connectivity index (χ4v) is 3.58. The first kappa shape index (κ1) is 19.9. The van der Waals surface area contributed by atoms with Gasteiger partial charge in [-0.1, -0.05) is 54.6 Å². The summed E-state index contributed by atoms with van der Waals surface area (Å²) in [4.78, 5) is 15.4. The molecule has 0 atom stereocenters. The van der Waals surface area contributed by atoms with Crippen LogP contribution in [0.3, 0.4) is 0 Å². The molecule has 0 aromatic heterocycles. The molecule has 4 heteroatoms. The minimum Gasteiger partial charge on any atom is -0.290 e. The topological polar surface area (TPSA) is 20.3 Å². The van der Waals surface area contributed by atoms with Crippen LogP contribution in [0.15, 0.2) is 90.0 Å². The first-order valence-corrected chi connectivity index (χ1v) is 9.80. The van der Waals surface area contributed by atoms with Crippen LogP contribution in [-0.4, -0.2) is 23.8 Å². The van der Waals surface area contributed by atoms with Crippen LogP contribution in [0.2, 0.25) is 0 Å². The normalized spacial score (nSPS) is 17.6. The lowest BCUT2D eigenvalue weighted by molar-refractivity contribution is -0.113. The third-order valence-electron chi connectivity index (χ3n) is 5.04. The second-order valence-electron chi connectivity index (χ2n) is 7.40. The molecule has 0 amide bonds. The van der Waals surface area contributed by atoms with Gasteiger partial charge in [0.15, 0.2) is 5.78 Å². The zero-order valence-electron chi connectivity index (χ0n) is 16.4. The molecule has 4 rings (SSSR count). The molecule has 1 fully saturated rings. The summed E-state index contributed by atoms with van der Waals surface area (Å²) in [6, 6.07) is 22.3. The highest BCUT2D eigenvalue weighted by molar-refractivity contribution is 6.14. The van der Waals surface area contributed by atoms with E-state index < -0.39 is 0 Å². The smallest absolute Gasteiger partial charge is 0.187 e. The van der Waals surface area contributed by atoms with Crippen LogP contribution in [0.5, 0.6) is 0 Å². The molecule has 0 spiro atoms. The lowest BCUT2D eigenvalue weighted by Gasteiger charge is -2.30. The van der Waals surface area contributed by atoms with E-state index in [1.807, 2.05) is 30.4 Å². The van der Waals surface area contributed by atoms with E-state index in [9.17, 15) is 13.6 Å². The van der Waals surface area contributed by atoms with Gasteiger partial charge in [0.25, 0.3) is 0 Å². The van der Waals surface area contributed by atoms with E-state index in [0.29, 0.717) is 30.8 Å². The van der Waals surface area contributed by atoms with Crippen molar-refractivity contribution in [3.8, 4) is 0 Å². The summed E-state index contributed by atoms with van der Waals surface area (Å²) in [5, 5.41) is 0. The second kappa shape index (κ2) is 8.97. The van der Waals surface area contributed by atoms with Gasteiger partial charge in [0.05, 0.1) is 0 Å². The first-order chi connectivity index (χ1) is 14.6. The van der Waals surface area contributed by atoms with Crippen molar-refractivity contribution in [3.63, 3.8) is 0 Å². The fourth-order valence-electron chi connectivity index (χ4n) is 3.58. The number of nitrogens with zero attached hydrogens (tertiary/aromatic N) is 1. The lowest BCUT2D eigenvalue weighted by Crippen LogP contribution is -2.37. The number of hydrogen-bond acceptors (Lipinski definition) is 2. The molecule has 3 aromatic carbocycles. The van der Waals surface area contributed by atoms with Gasteiger partial charge in [-0.2, -0.15) is 0 Å². The van der Waals surface area contributed by atoms with Gasteiger partial charge in [-0.15, -0.1) is 0 Å². The maximum Gasteiger partial charge on any atom is 0.187 e. The summed E-state index contributed by atoms with van der Waals surface area (Å²) in [7, 11) is 0. The average Bonchev–Trinajstić information content (AvgIpc) is 2.75. The Morgan fingerprint density at radius 2 is 1.17 bits per heavy atom. The monoisotopic (exact) mass is 401 g/mol. The molecule has 0 radical (unpaired) electrons. The highest BCUT2D eigenvalue weighted by Crippen LogP contribution is 2.24. The first-order valence-electron chi connectivity index (χ1n) is 9.80. The largest absolute Gasteiger partial charge is 0.290 e. The van der Waals surface area contributed by atoms with Crippen molar-refractivity contribution in [2.45, 2.75) is 6.54 Å². The summed E-state index contributed by atoms with van der Waals surface area (Å²) in [6.45, 7) is 1.72. The van der Waals surface area contributed by atoms with E-state index in [4.69, 9.17) is 0 Å². The standard InChI is InChI=1S/C26H21F2NO/c27-24-10-6-19(7-11-24)14-22-17-29(16-21-4-2-1-3-5-21)18-23(26(22)30)15-20-8-12-25(28)13-9-20/h1-15H,16-18H2/b22-14-,23-15+. The minimum atomic E-state index is -0.310. The Morgan fingerprint density at radius 3 is 1.63 bits per heavy atom. The molecule has 0 aliphatic carbocycles. The molecule has 0 bridgehead atoms. The van der Waals surface area contributed by atoms with Crippen molar-refractivity contribution in [2.24, 2.45) is 0 Å². The quantitative estimate of drug-likeness (QED) is 0.537. The number of piperidine rings is 1. The Hall–Kier alpha value is -3.37. The zero-order valence-corrected chi connectivity index (χ0v) is 16.4. The Labute approximate surface area is 174 Å². The molecule has 3 aromatic rings. The van der Waals surface area contributed by atoms with Crippen molar-refractivity contribution in [3.05, 3.63) is 118 Å². The molecule has 0 saturated carbocycles. The Balaban J connectivity index is 1.67. The SMILES string of the molecule is O=C1/C(=C\c2ccc(F)cc2)CN(Cc2ccccc2)C/C1=C\c1ccc(F)cc1. The highest BCUT2D eigenvalue weighted by Gasteiger charge is 2.26. The van der Waals surface area contributed by atoms with Crippen LogP contribution in [0.25, 0.3) is 12.2 Å². The molecule has 0 unspecified atom stereocenters. The van der Waals surface area contributed by atoms with Gasteiger partial charge < -0.3 is 0 Å². The van der Waals surface area contributed by atoms with Crippen molar-refractivity contribution < 1.29 is 13.6 Å². The molecule has 2 nitrogen and oxygen atoms in total. The number of benzene rings is 3. The molecule has 1 aliphatic heterocycles. The highest BCUT2D eigenvalue weighted by atomic mass is 19.1. The molecule has 1 aliphatic rings. The van der Waals surface area contributed by atoms with E-state index in [1.165, 1.54) is 24.3 Å². The number of carbonyl (C=O) groups excluding carboxylic acids is 1. The Morgan fingerprint density at radius 1 is 0.700 bits per heavy atom. The predicted octanol–water partition coefficient (Wildman–Crippen LogP) is 5.52. The minimum absolute atomic E-state index is 0.0343. The van der Waals surface area contributed by atoms with Gasteiger partial charge in [-0.25, -0.2) is 8.78 Å². The summed E-state index contributed by atoms with van der Waals surface area (Å²) in [5.74, 6) is -0.655. The van der Waals surface area contributed by atoms with Gasteiger partial charge in [0, 0.05) is 30.8 Å². The molecule has 30 heavy (non-hydrogen) atoms. The molecule has 150 valence electrons. The third kappa shape index (κ3) is 4.97. The van der Waals surface area contributed by atoms with Crippen molar-refractivity contribution >= 4 is 17.9 Å². The number of carbonyl (C=O) groups is 1. The Bertz CT molecular complexity index is 1020. The maximum atomic E-state index is 13.2. The van der Waals surface area contributed by atoms with Crippen LogP contribution in [-0.2, 0) is 11.3 Å². The summed E-state index contributed by atoms with van der Waals surface area (Å²) in [6.07, 6.45) is 3.63. The number of halogens is 2. The predicted molar refractivity (Wildman–Crippen MR) is 115 cm³/mol. The molecular formula is C26H21F2NO. The van der Waals surface area contributed by atoms with Crippen LogP contribution in [0.1, 0.15) is 16.7 Å². The van der Waals surface area contributed by atoms with Gasteiger partial charge in [0.1, 0.15) is 11.6 Å². The number of rotatable bonds is 4. The second-order valence-corrected chi connectivity index (χ2v) is 7.40. The van der Waals surface area contributed by atoms with E-state index >= 15 is 0 Å². The van der Waals surface area contributed by atoms with E-state index in [1.54, 1.807) is 24.3 Å². The van der Waals surface area contributed by atoms with Crippen LogP contribution < -0.4 is 0 Å². The third-order valence-corrected chi connectivity index (χ3v) is 5.04. The Kier molecular flexibility index (Phi) is 5.96. The van der Waals surface area contributed by atoms with Crippen molar-refractivity contribution in [1.29, 1.82) is 0 Å². The number of ketones is 1.